The standard InChI is InChI=1S/C62H106N4O45/c1-15-32(79)40(87)44(91)58(98-15)110-53-31(66-19(5)77)57(104-27(12-73)52(53)109-61-47(94)43(90)36(83)24(9-70)101-61)111-54-37(84)28(14-97-56-30(65-18(4)76)39(86)51(26(11-72)103-56)108-60-46(93)42(89)35(82)23(8-69)100-60)105-62(48(54)95)106-49(20(6-67)63-16(2)74)33(80)21(78)13-96-55-29(64-17(3)75)38(85)50(25(10-71)102-55)107-59-45(92)41(88)34(81)22(7-68)99-59/h15,20-62,67-73,78-95H,6-14H2,1-5H3,(H,63,74)(H,64,75)(H,65,76)(H,66,77)/t15-,20-,21+,22+,23+,24+,25+,26+,27+,28+,29+,30+,31+,32+,33-,34-,35-,36-,37-,38+,39+,40+,41-,42-,43-,44-,45+,46+,47+,48+,49+,50+,51+,52+,53+,54-,55+,56+,57-,58-,59-,60-,61-,62-/m0/s1. The predicted molar refractivity (Wildman–Crippen MR) is 344 cm³/mol. The Labute approximate surface area is 629 Å². The lowest BCUT2D eigenvalue weighted by molar-refractivity contribution is -0.389. The van der Waals surface area contributed by atoms with Crippen LogP contribution in [0.1, 0.15) is 34.6 Å². The minimum Gasteiger partial charge on any atom is -0.394 e. The zero-order valence-electron chi connectivity index (χ0n) is 60.1. The van der Waals surface area contributed by atoms with Gasteiger partial charge < -0.3 is 225 Å². The normalized spacial score (nSPS) is 46.3. The number of hydrogen-bond acceptors (Lipinski definition) is 45. The Kier molecular flexibility index (Phi) is 34.3. The molecule has 111 heavy (non-hydrogen) atoms. The van der Waals surface area contributed by atoms with E-state index in [9.17, 15) is 147 Å². The molecule has 4 amide bonds. The van der Waals surface area contributed by atoms with E-state index >= 15 is 0 Å². The zero-order valence-corrected chi connectivity index (χ0v) is 60.1. The SMILES string of the molecule is CC(=O)N[C@H]1[C@H](OC[C@@H](O)[C@H](O)[C@H](O[C@@H]2O[C@H](CO[C@@H]3O[C@H](CO)[C@@H](O[C@@H]4O[C@H](CO)[C@H](O)[C@H](O)[C@H]4O)[C@H](O)[C@H]3NC(C)=O)[C@H](O)[C@H](O[C@@H]3O[C@H](CO)[C@@H](O[C@@H]4O[C@H](CO)[C@H](O)[C@H](O)[C@H]4O)[C@H](O[C@@H]4O[C@@H](C)[C@@H](O)[C@@H](O)[C@@H]4O)[C@H]3NC(C)=O)[C@H]2O)[C@H](CO)NC(C)=O)O[C@H](CO)[C@@H](O[C@@H]2O[C@H](CO)[C@H](O)[C@H](O)[C@H]2O)[C@@H]1O. The van der Waals surface area contributed by atoms with Gasteiger partial charge in [-0.3, -0.25) is 19.2 Å². The lowest BCUT2D eigenvalue weighted by Crippen LogP contribution is -2.71. The number of carbonyl (C=O) groups is 4. The maximum absolute atomic E-state index is 13.5. The minimum atomic E-state index is -2.61. The van der Waals surface area contributed by atoms with Crippen LogP contribution in [0.2, 0.25) is 0 Å². The van der Waals surface area contributed by atoms with Gasteiger partial charge in [-0.25, -0.2) is 0 Å². The van der Waals surface area contributed by atoms with Crippen LogP contribution in [0.3, 0.4) is 0 Å². The second-order valence-corrected chi connectivity index (χ2v) is 28.0. The van der Waals surface area contributed by atoms with E-state index < -0.39 is 353 Å². The van der Waals surface area contributed by atoms with Crippen LogP contribution in [0.5, 0.6) is 0 Å². The Morgan fingerprint density at radius 3 is 1.10 bits per heavy atom. The molecule has 0 aromatic heterocycles. The summed E-state index contributed by atoms with van der Waals surface area (Å²) in [5, 5.41) is 285. The molecule has 0 bridgehead atoms. The van der Waals surface area contributed by atoms with Crippen molar-refractivity contribution in [3.8, 4) is 0 Å². The van der Waals surface area contributed by atoms with Crippen molar-refractivity contribution in [3.63, 3.8) is 0 Å². The summed E-state index contributed by atoms with van der Waals surface area (Å²) in [5.74, 6) is -3.82. The molecule has 644 valence electrons. The summed E-state index contributed by atoms with van der Waals surface area (Å²) >= 11 is 0. The quantitative estimate of drug-likeness (QED) is 0.0297. The number of aliphatic hydroxyl groups excluding tert-OH is 25. The summed E-state index contributed by atoms with van der Waals surface area (Å²) in [5.41, 5.74) is 0. The second kappa shape index (κ2) is 41.1. The smallest absolute Gasteiger partial charge is 0.217 e. The third kappa shape index (κ3) is 21.4. The molecule has 29 N–H and O–H groups in total. The molecule has 44 atom stereocenters. The number of nitrogens with one attached hydrogen (secondary N) is 4. The second-order valence-electron chi connectivity index (χ2n) is 28.0. The van der Waals surface area contributed by atoms with Crippen LogP contribution in [0.15, 0.2) is 0 Å². The van der Waals surface area contributed by atoms with Gasteiger partial charge in [-0.15, -0.1) is 0 Å². The van der Waals surface area contributed by atoms with Crippen molar-refractivity contribution in [1.82, 2.24) is 21.3 Å². The molecule has 0 saturated carbocycles. The fourth-order valence-corrected chi connectivity index (χ4v) is 13.9. The molecular weight excluding hydrogens is 1520 g/mol. The Bertz CT molecular complexity index is 2890. The molecule has 0 spiro atoms. The van der Waals surface area contributed by atoms with E-state index in [-0.39, 0.29) is 0 Å². The van der Waals surface area contributed by atoms with Crippen LogP contribution in [0, 0.1) is 0 Å². The number of carbonyl (C=O) groups excluding carboxylic acids is 4. The first-order chi connectivity index (χ1) is 52.4. The first kappa shape index (κ1) is 92.7. The first-order valence-corrected chi connectivity index (χ1v) is 35.4. The van der Waals surface area contributed by atoms with Crippen LogP contribution >= 0.6 is 0 Å². The van der Waals surface area contributed by atoms with E-state index in [1.165, 1.54) is 6.92 Å². The Balaban J connectivity index is 1.15. The summed E-state index contributed by atoms with van der Waals surface area (Å²) in [6.07, 6.45) is -82.0. The molecule has 8 heterocycles. The van der Waals surface area contributed by atoms with Gasteiger partial charge in [0.2, 0.25) is 23.6 Å². The summed E-state index contributed by atoms with van der Waals surface area (Å²) in [6.45, 7) is -4.92. The van der Waals surface area contributed by atoms with Gasteiger partial charge in [0, 0.05) is 27.7 Å². The Morgan fingerprint density at radius 1 is 0.333 bits per heavy atom. The number of aliphatic hydroxyl groups is 25. The Hall–Kier alpha value is -3.76. The van der Waals surface area contributed by atoms with Gasteiger partial charge >= 0.3 is 0 Å². The summed E-state index contributed by atoms with van der Waals surface area (Å²) in [4.78, 5) is 52.0. The van der Waals surface area contributed by atoms with E-state index in [0.717, 1.165) is 27.7 Å². The van der Waals surface area contributed by atoms with Crippen molar-refractivity contribution in [3.05, 3.63) is 0 Å². The molecule has 0 aromatic carbocycles. The minimum absolute atomic E-state index is 0.889. The molecule has 8 rings (SSSR count). The number of hydrogen-bond donors (Lipinski definition) is 29. The van der Waals surface area contributed by atoms with Crippen LogP contribution in [-0.2, 0) is 95.0 Å². The number of amides is 4. The van der Waals surface area contributed by atoms with E-state index in [0.29, 0.717) is 0 Å². The molecule has 8 aliphatic heterocycles. The van der Waals surface area contributed by atoms with Gasteiger partial charge in [-0.2, -0.15) is 0 Å². The molecule has 8 fully saturated rings. The first-order valence-electron chi connectivity index (χ1n) is 35.4. The van der Waals surface area contributed by atoms with Crippen molar-refractivity contribution in [2.75, 3.05) is 59.5 Å². The average Bonchev–Trinajstić information content (AvgIpc) is 0.855. The Morgan fingerprint density at radius 2 is 0.685 bits per heavy atom. The van der Waals surface area contributed by atoms with Crippen molar-refractivity contribution >= 4 is 23.6 Å². The van der Waals surface area contributed by atoms with Crippen LogP contribution in [0.25, 0.3) is 0 Å². The highest BCUT2D eigenvalue weighted by atomic mass is 16.8. The van der Waals surface area contributed by atoms with Crippen LogP contribution in [-0.4, -0.2) is 481 Å². The highest BCUT2D eigenvalue weighted by Gasteiger charge is 2.60. The van der Waals surface area contributed by atoms with Gasteiger partial charge in [0.15, 0.2) is 50.3 Å². The van der Waals surface area contributed by atoms with Gasteiger partial charge in [0.05, 0.1) is 71.6 Å². The highest BCUT2D eigenvalue weighted by molar-refractivity contribution is 5.74. The van der Waals surface area contributed by atoms with E-state index in [4.69, 9.17) is 75.8 Å². The monoisotopic (exact) mass is 1630 g/mol. The lowest BCUT2D eigenvalue weighted by Gasteiger charge is -2.51. The largest absolute Gasteiger partial charge is 0.394 e. The highest BCUT2D eigenvalue weighted by Crippen LogP contribution is 2.39. The van der Waals surface area contributed by atoms with Crippen LogP contribution < -0.4 is 21.3 Å². The number of ether oxygens (including phenoxy) is 16. The topological polar surface area (TPSA) is 770 Å². The van der Waals surface area contributed by atoms with Crippen molar-refractivity contribution in [1.29, 1.82) is 0 Å². The molecule has 49 nitrogen and oxygen atoms in total. The van der Waals surface area contributed by atoms with Crippen molar-refractivity contribution in [2.24, 2.45) is 0 Å². The molecule has 8 aliphatic rings. The summed E-state index contributed by atoms with van der Waals surface area (Å²) < 4.78 is 94.6. The van der Waals surface area contributed by atoms with E-state index in [1.54, 1.807) is 0 Å². The third-order valence-corrected chi connectivity index (χ3v) is 20.0. The third-order valence-electron chi connectivity index (χ3n) is 20.0. The predicted octanol–water partition coefficient (Wildman–Crippen LogP) is -19.4. The van der Waals surface area contributed by atoms with Gasteiger partial charge in [0.1, 0.15) is 207 Å². The molecule has 0 aromatic rings. The van der Waals surface area contributed by atoms with Crippen molar-refractivity contribution in [2.45, 2.75) is 304 Å². The van der Waals surface area contributed by atoms with Gasteiger partial charge in [-0.05, 0) is 6.92 Å². The fraction of sp³-hybridized carbons (Fsp3) is 0.935. The lowest BCUT2D eigenvalue weighted by atomic mass is 9.93. The van der Waals surface area contributed by atoms with Gasteiger partial charge in [0.25, 0.3) is 0 Å². The molecule has 0 aliphatic carbocycles. The average molecular weight is 1630 g/mol. The molecular formula is C62H106N4O45. The van der Waals surface area contributed by atoms with Crippen LogP contribution in [0.4, 0.5) is 0 Å². The molecule has 8 saturated heterocycles. The maximum Gasteiger partial charge on any atom is 0.217 e. The molecule has 49 heteroatoms. The summed E-state index contributed by atoms with van der Waals surface area (Å²) in [6, 6.07) is -7.65. The number of rotatable bonds is 32. The maximum atomic E-state index is 13.5. The molecule has 0 unspecified atom stereocenters. The molecule has 0 radical (unpaired) electrons. The van der Waals surface area contributed by atoms with E-state index in [2.05, 4.69) is 21.3 Å². The van der Waals surface area contributed by atoms with Crippen molar-refractivity contribution < 1.29 is 223 Å². The van der Waals surface area contributed by atoms with Gasteiger partial charge in [-0.1, -0.05) is 0 Å². The fourth-order valence-electron chi connectivity index (χ4n) is 13.9. The summed E-state index contributed by atoms with van der Waals surface area (Å²) in [7, 11) is 0. The van der Waals surface area contributed by atoms with E-state index in [1.807, 2.05) is 0 Å². The zero-order chi connectivity index (χ0) is 82.2.